The first-order valence-electron chi connectivity index (χ1n) is 6.58. The van der Waals surface area contributed by atoms with Gasteiger partial charge in [-0.3, -0.25) is 4.98 Å². The number of aryl methyl sites for hydroxylation is 1. The molecule has 112 valence electrons. The molecule has 3 rings (SSSR count). The van der Waals surface area contributed by atoms with Gasteiger partial charge in [-0.25, -0.2) is 9.97 Å². The zero-order valence-corrected chi connectivity index (χ0v) is 14.6. The Labute approximate surface area is 145 Å². The summed E-state index contributed by atoms with van der Waals surface area (Å²) in [6.45, 7) is 0. The van der Waals surface area contributed by atoms with E-state index in [0.29, 0.717) is 20.6 Å². The average molecular weight is 396 g/mol. The second-order valence-electron chi connectivity index (χ2n) is 4.62. The monoisotopic (exact) mass is 394 g/mol. The van der Waals surface area contributed by atoms with Crippen LogP contribution in [0.3, 0.4) is 0 Å². The van der Waals surface area contributed by atoms with Gasteiger partial charge in [-0.15, -0.1) is 0 Å². The highest BCUT2D eigenvalue weighted by atomic mass is 79.9. The molecule has 7 heteroatoms. The lowest BCUT2D eigenvalue weighted by Gasteiger charge is -2.05. The molecular formula is C15H12BrClN4S. The quantitative estimate of drug-likeness (QED) is 0.404. The van der Waals surface area contributed by atoms with Gasteiger partial charge < -0.3 is 5.73 Å². The van der Waals surface area contributed by atoms with Crippen LogP contribution in [0, 0.1) is 0 Å². The Balaban J connectivity index is 1.67. The molecule has 2 heterocycles. The number of rotatable bonds is 4. The molecule has 1 aromatic carbocycles. The summed E-state index contributed by atoms with van der Waals surface area (Å²) in [5.74, 6) is 1.16. The highest BCUT2D eigenvalue weighted by molar-refractivity contribution is 9.10. The van der Waals surface area contributed by atoms with Gasteiger partial charge in [0.05, 0.1) is 4.47 Å². The fourth-order valence-electron chi connectivity index (χ4n) is 1.99. The van der Waals surface area contributed by atoms with Crippen LogP contribution < -0.4 is 5.73 Å². The van der Waals surface area contributed by atoms with Crippen LogP contribution in [-0.2, 0) is 6.42 Å². The summed E-state index contributed by atoms with van der Waals surface area (Å²) in [7, 11) is 0. The van der Waals surface area contributed by atoms with Crippen molar-refractivity contribution in [3.63, 3.8) is 0 Å². The van der Waals surface area contributed by atoms with Crippen LogP contribution in [0.15, 0.2) is 46.2 Å². The minimum absolute atomic E-state index is 0.332. The van der Waals surface area contributed by atoms with Gasteiger partial charge in [0, 0.05) is 23.0 Å². The van der Waals surface area contributed by atoms with Gasteiger partial charge in [0.1, 0.15) is 11.0 Å². The number of hydrogen-bond acceptors (Lipinski definition) is 5. The topological polar surface area (TPSA) is 64.7 Å². The van der Waals surface area contributed by atoms with Crippen molar-refractivity contribution in [1.29, 1.82) is 0 Å². The third kappa shape index (κ3) is 3.51. The molecule has 0 bridgehead atoms. The third-order valence-corrected chi connectivity index (χ3v) is 5.23. The molecule has 0 aliphatic carbocycles. The minimum Gasteiger partial charge on any atom is -0.383 e. The minimum atomic E-state index is 0.332. The maximum Gasteiger partial charge on any atom is 0.191 e. The van der Waals surface area contributed by atoms with Gasteiger partial charge in [-0.05, 0) is 33.8 Å². The standard InChI is InChI=1S/C15H12BrClN4S/c16-12-13(17)20-15(21-14(12)18)22-6-5-11-7-9-3-1-2-4-10(9)8-19-11/h1-4,7-8H,5-6H2,(H2,18,20,21). The van der Waals surface area contributed by atoms with Crippen LogP contribution in [0.2, 0.25) is 5.15 Å². The van der Waals surface area contributed by atoms with Gasteiger partial charge >= 0.3 is 0 Å². The van der Waals surface area contributed by atoms with E-state index in [2.05, 4.69) is 49.1 Å². The Morgan fingerprint density at radius 2 is 1.95 bits per heavy atom. The molecule has 0 atom stereocenters. The van der Waals surface area contributed by atoms with Gasteiger partial charge in [0.25, 0.3) is 0 Å². The van der Waals surface area contributed by atoms with Crippen LogP contribution >= 0.6 is 39.3 Å². The van der Waals surface area contributed by atoms with Gasteiger partial charge in [-0.1, -0.05) is 47.6 Å². The Bertz CT molecular complexity index is 804. The lowest BCUT2D eigenvalue weighted by atomic mass is 10.1. The summed E-state index contributed by atoms with van der Waals surface area (Å²) >= 11 is 10.7. The van der Waals surface area contributed by atoms with Gasteiger partial charge in [0.2, 0.25) is 0 Å². The largest absolute Gasteiger partial charge is 0.383 e. The Morgan fingerprint density at radius 3 is 2.73 bits per heavy atom. The molecule has 0 radical (unpaired) electrons. The van der Waals surface area contributed by atoms with Crippen LogP contribution in [-0.4, -0.2) is 20.7 Å². The summed E-state index contributed by atoms with van der Waals surface area (Å²) in [6.07, 6.45) is 2.73. The molecule has 0 saturated carbocycles. The molecule has 0 aliphatic rings. The normalized spacial score (nSPS) is 11.0. The number of pyridine rings is 1. The van der Waals surface area contributed by atoms with Crippen LogP contribution in [0.1, 0.15) is 5.69 Å². The Kier molecular flexibility index (Phi) is 4.81. The first-order valence-corrected chi connectivity index (χ1v) is 8.74. The first-order chi connectivity index (χ1) is 10.6. The number of anilines is 1. The molecule has 2 N–H and O–H groups in total. The van der Waals surface area contributed by atoms with E-state index in [1.54, 1.807) is 0 Å². The SMILES string of the molecule is Nc1nc(SCCc2cc3ccccc3cn2)nc(Cl)c1Br. The summed E-state index contributed by atoms with van der Waals surface area (Å²) in [4.78, 5) is 12.9. The van der Waals surface area contributed by atoms with Crippen LogP contribution in [0.25, 0.3) is 10.8 Å². The predicted octanol–water partition coefficient (Wildman–Crippen LogP) is 4.36. The molecule has 2 aromatic heterocycles. The number of halogens is 2. The molecular weight excluding hydrogens is 384 g/mol. The molecule has 0 aliphatic heterocycles. The van der Waals surface area contributed by atoms with E-state index < -0.39 is 0 Å². The highest BCUT2D eigenvalue weighted by Crippen LogP contribution is 2.28. The number of nitrogens with two attached hydrogens (primary N) is 1. The first kappa shape index (κ1) is 15.5. The maximum absolute atomic E-state index is 5.98. The van der Waals surface area contributed by atoms with E-state index >= 15 is 0 Å². The zero-order chi connectivity index (χ0) is 15.5. The molecule has 22 heavy (non-hydrogen) atoms. The zero-order valence-electron chi connectivity index (χ0n) is 11.5. The van der Waals surface area contributed by atoms with E-state index in [-0.39, 0.29) is 0 Å². The van der Waals surface area contributed by atoms with Gasteiger partial charge in [-0.2, -0.15) is 0 Å². The van der Waals surface area contributed by atoms with E-state index in [4.69, 9.17) is 17.3 Å². The number of nitrogen functional groups attached to an aromatic ring is 1. The molecule has 0 saturated heterocycles. The van der Waals surface area contributed by atoms with Crippen molar-refractivity contribution in [2.45, 2.75) is 11.6 Å². The van der Waals surface area contributed by atoms with Crippen molar-refractivity contribution < 1.29 is 0 Å². The highest BCUT2D eigenvalue weighted by Gasteiger charge is 2.08. The van der Waals surface area contributed by atoms with Crippen molar-refractivity contribution in [2.24, 2.45) is 0 Å². The Morgan fingerprint density at radius 1 is 1.18 bits per heavy atom. The van der Waals surface area contributed by atoms with Crippen molar-refractivity contribution in [2.75, 3.05) is 11.5 Å². The van der Waals surface area contributed by atoms with Gasteiger partial charge in [0.15, 0.2) is 5.16 Å². The molecule has 0 spiro atoms. The summed E-state index contributed by atoms with van der Waals surface area (Å²) in [6, 6.07) is 10.3. The van der Waals surface area contributed by atoms with E-state index in [1.165, 1.54) is 17.1 Å². The molecule has 0 unspecified atom stereocenters. The molecule has 3 aromatic rings. The van der Waals surface area contributed by atoms with Crippen molar-refractivity contribution >= 4 is 55.9 Å². The summed E-state index contributed by atoms with van der Waals surface area (Å²) < 4.78 is 0.537. The average Bonchev–Trinajstić information content (AvgIpc) is 2.52. The molecule has 0 fully saturated rings. The lowest BCUT2D eigenvalue weighted by Crippen LogP contribution is -1.99. The third-order valence-electron chi connectivity index (χ3n) is 3.09. The maximum atomic E-state index is 5.98. The van der Waals surface area contributed by atoms with E-state index in [1.807, 2.05) is 18.3 Å². The Hall–Kier alpha value is -1.37. The predicted molar refractivity (Wildman–Crippen MR) is 95.3 cm³/mol. The van der Waals surface area contributed by atoms with Crippen LogP contribution in [0.4, 0.5) is 5.82 Å². The van der Waals surface area contributed by atoms with E-state index in [0.717, 1.165) is 23.3 Å². The second kappa shape index (κ2) is 6.81. The number of nitrogens with zero attached hydrogens (tertiary/aromatic N) is 3. The van der Waals surface area contributed by atoms with E-state index in [9.17, 15) is 0 Å². The number of thioether (sulfide) groups is 1. The number of fused-ring (bicyclic) bond motifs is 1. The fourth-order valence-corrected chi connectivity index (χ4v) is 3.21. The lowest BCUT2D eigenvalue weighted by molar-refractivity contribution is 0.962. The number of aromatic nitrogens is 3. The smallest absolute Gasteiger partial charge is 0.191 e. The fraction of sp³-hybridized carbons (Fsp3) is 0.133. The number of hydrogen-bond donors (Lipinski definition) is 1. The van der Waals surface area contributed by atoms with Crippen molar-refractivity contribution in [1.82, 2.24) is 15.0 Å². The molecule has 4 nitrogen and oxygen atoms in total. The molecule has 0 amide bonds. The van der Waals surface area contributed by atoms with Crippen molar-refractivity contribution in [3.05, 3.63) is 51.8 Å². The summed E-state index contributed by atoms with van der Waals surface area (Å²) in [5.41, 5.74) is 6.80. The number of benzene rings is 1. The second-order valence-corrected chi connectivity index (χ2v) is 6.83. The van der Waals surface area contributed by atoms with Crippen LogP contribution in [0.5, 0.6) is 0 Å². The summed E-state index contributed by atoms with van der Waals surface area (Å²) in [5, 5.41) is 3.25. The van der Waals surface area contributed by atoms with Crippen molar-refractivity contribution in [3.8, 4) is 0 Å².